The first-order valence-corrected chi connectivity index (χ1v) is 13.0. The second-order valence-electron chi connectivity index (χ2n) is 9.34. The Morgan fingerprint density at radius 3 is 2.54 bits per heavy atom. The van der Waals surface area contributed by atoms with Crippen LogP contribution in [0.4, 0.5) is 9.18 Å². The van der Waals surface area contributed by atoms with Crippen LogP contribution >= 0.6 is 15.9 Å². The largest absolute Gasteiger partial charge is 0.444 e. The summed E-state index contributed by atoms with van der Waals surface area (Å²) in [4.78, 5) is 33.4. The SMILES string of the molecule is CN1C(NC(=O)OC(C)(C)C)=N[C@](C)(c2cc(CC(=O)c3ccc(Br)cn3)ccc2F)CS1(=O)=O. The molecule has 188 valence electrons. The molecule has 1 N–H and O–H groups in total. The van der Waals surface area contributed by atoms with E-state index in [9.17, 15) is 22.4 Å². The van der Waals surface area contributed by atoms with E-state index < -0.39 is 38.8 Å². The van der Waals surface area contributed by atoms with Gasteiger partial charge in [0.05, 0.1) is 5.75 Å². The second kappa shape index (κ2) is 9.65. The lowest BCUT2D eigenvalue weighted by Gasteiger charge is -2.36. The number of alkyl carbamates (subject to hydrolysis) is 1. The molecule has 0 saturated carbocycles. The summed E-state index contributed by atoms with van der Waals surface area (Å²) in [5.41, 5.74) is -1.71. The summed E-state index contributed by atoms with van der Waals surface area (Å²) in [6, 6.07) is 7.29. The van der Waals surface area contributed by atoms with Gasteiger partial charge in [-0.05, 0) is 73.5 Å². The number of ether oxygens (including phenoxy) is 1. The number of carbonyl (C=O) groups is 2. The quantitative estimate of drug-likeness (QED) is 0.561. The van der Waals surface area contributed by atoms with Crippen molar-refractivity contribution in [1.82, 2.24) is 14.6 Å². The molecule has 0 unspecified atom stereocenters. The summed E-state index contributed by atoms with van der Waals surface area (Å²) in [5, 5.41) is 2.35. The van der Waals surface area contributed by atoms with E-state index in [1.807, 2.05) is 0 Å². The molecule has 1 aliphatic heterocycles. The molecule has 0 radical (unpaired) electrons. The highest BCUT2D eigenvalue weighted by atomic mass is 79.9. The number of hydrogen-bond acceptors (Lipinski definition) is 7. The van der Waals surface area contributed by atoms with E-state index in [1.54, 1.807) is 32.9 Å². The molecule has 0 bridgehead atoms. The molecule has 0 aliphatic carbocycles. The van der Waals surface area contributed by atoms with Crippen LogP contribution in [0.2, 0.25) is 0 Å². The summed E-state index contributed by atoms with van der Waals surface area (Å²) in [6.45, 7) is 6.43. The standard InChI is InChI=1S/C23H26BrFN4O5S/c1-22(2,3)34-21(31)27-20-28-23(4,13-35(32,33)29(20)5)16-10-14(6-8-17(16)25)11-19(30)18-9-7-15(24)12-26-18/h6-10,12H,11,13H2,1-5H3,(H,27,28,31)/t23-/m0/s1. The number of ketones is 1. The molecule has 1 amide bonds. The van der Waals surface area contributed by atoms with Crippen LogP contribution in [0.5, 0.6) is 0 Å². The molecule has 1 aromatic heterocycles. The summed E-state index contributed by atoms with van der Waals surface area (Å²) in [5.74, 6) is -1.82. The predicted octanol–water partition coefficient (Wildman–Crippen LogP) is 3.78. The molecule has 2 aromatic rings. The number of halogens is 2. The number of amides is 1. The minimum atomic E-state index is -3.97. The van der Waals surface area contributed by atoms with Crippen LogP contribution < -0.4 is 5.32 Å². The Hall–Kier alpha value is -2.86. The van der Waals surface area contributed by atoms with E-state index in [-0.39, 0.29) is 29.4 Å². The molecule has 35 heavy (non-hydrogen) atoms. The molecular formula is C23H26BrFN4O5S. The number of nitrogens with one attached hydrogen (secondary N) is 1. The predicted molar refractivity (Wildman–Crippen MR) is 132 cm³/mol. The first kappa shape index (κ1) is 26.7. The first-order chi connectivity index (χ1) is 16.1. The van der Waals surface area contributed by atoms with Crippen molar-refractivity contribution in [3.8, 4) is 0 Å². The fraction of sp³-hybridized carbons (Fsp3) is 0.391. The lowest BCUT2D eigenvalue weighted by molar-refractivity contribution is 0.0558. The van der Waals surface area contributed by atoms with E-state index in [0.29, 0.717) is 5.56 Å². The number of hydrogen-bond donors (Lipinski definition) is 1. The molecule has 0 fully saturated rings. The third-order valence-electron chi connectivity index (χ3n) is 5.13. The van der Waals surface area contributed by atoms with Crippen molar-refractivity contribution in [2.75, 3.05) is 12.8 Å². The molecule has 0 spiro atoms. The van der Waals surface area contributed by atoms with Gasteiger partial charge >= 0.3 is 6.09 Å². The number of Topliss-reactive ketones (excluding diaryl/α,β-unsaturated/α-hetero) is 1. The zero-order valence-electron chi connectivity index (χ0n) is 19.9. The van der Waals surface area contributed by atoms with E-state index >= 15 is 0 Å². The minimum Gasteiger partial charge on any atom is -0.444 e. The number of guanidine groups is 1. The maximum absolute atomic E-state index is 15.0. The van der Waals surface area contributed by atoms with E-state index in [2.05, 4.69) is 31.2 Å². The van der Waals surface area contributed by atoms with Crippen LogP contribution in [0.1, 0.15) is 49.3 Å². The second-order valence-corrected chi connectivity index (χ2v) is 12.3. The highest BCUT2D eigenvalue weighted by Gasteiger charge is 2.43. The smallest absolute Gasteiger partial charge is 0.414 e. The van der Waals surface area contributed by atoms with Crippen LogP contribution in [-0.4, -0.2) is 53.9 Å². The Labute approximate surface area is 212 Å². The molecule has 12 heteroatoms. The molecule has 1 atom stereocenters. The zero-order chi connectivity index (χ0) is 26.2. The van der Waals surface area contributed by atoms with Crippen LogP contribution in [0.3, 0.4) is 0 Å². The summed E-state index contributed by atoms with van der Waals surface area (Å²) < 4.78 is 47.5. The molecular weight excluding hydrogens is 543 g/mol. The Morgan fingerprint density at radius 2 is 1.94 bits per heavy atom. The molecule has 3 rings (SSSR count). The normalized spacial score (nSPS) is 19.6. The number of rotatable bonds is 4. The van der Waals surface area contributed by atoms with Crippen molar-refractivity contribution in [3.63, 3.8) is 0 Å². The van der Waals surface area contributed by atoms with Crippen molar-refractivity contribution >= 4 is 43.8 Å². The molecule has 0 saturated heterocycles. The van der Waals surface area contributed by atoms with Crippen molar-refractivity contribution < 1.29 is 27.1 Å². The van der Waals surface area contributed by atoms with Crippen LogP contribution in [0.25, 0.3) is 0 Å². The summed E-state index contributed by atoms with van der Waals surface area (Å²) in [6.07, 6.45) is 0.531. The first-order valence-electron chi connectivity index (χ1n) is 10.6. The highest BCUT2D eigenvalue weighted by Crippen LogP contribution is 2.34. The van der Waals surface area contributed by atoms with Gasteiger partial charge in [-0.25, -0.2) is 26.9 Å². The summed E-state index contributed by atoms with van der Waals surface area (Å²) in [7, 11) is -2.73. The monoisotopic (exact) mass is 568 g/mol. The lowest BCUT2D eigenvalue weighted by atomic mass is 9.91. The number of nitrogens with zero attached hydrogens (tertiary/aromatic N) is 3. The van der Waals surface area contributed by atoms with E-state index in [0.717, 1.165) is 8.78 Å². The fourth-order valence-electron chi connectivity index (χ4n) is 3.47. The molecule has 2 heterocycles. The van der Waals surface area contributed by atoms with E-state index in [1.165, 1.54) is 38.4 Å². The van der Waals surface area contributed by atoms with Gasteiger partial charge in [-0.3, -0.25) is 15.1 Å². The van der Waals surface area contributed by atoms with E-state index in [4.69, 9.17) is 4.74 Å². The van der Waals surface area contributed by atoms with Gasteiger partial charge in [0.2, 0.25) is 16.0 Å². The van der Waals surface area contributed by atoms with Gasteiger partial charge in [-0.15, -0.1) is 0 Å². The van der Waals surface area contributed by atoms with Crippen LogP contribution in [-0.2, 0) is 26.7 Å². The fourth-order valence-corrected chi connectivity index (χ4v) is 5.18. The van der Waals surface area contributed by atoms with Crippen molar-refractivity contribution in [3.05, 3.63) is 63.6 Å². The Kier molecular flexibility index (Phi) is 7.37. The number of aliphatic imine (C=N–C) groups is 1. The van der Waals surface area contributed by atoms with Crippen molar-refractivity contribution in [2.24, 2.45) is 4.99 Å². The van der Waals surface area contributed by atoms with Gasteiger partial charge in [-0.1, -0.05) is 6.07 Å². The average molecular weight is 569 g/mol. The average Bonchev–Trinajstić information content (AvgIpc) is 2.71. The number of pyridine rings is 1. The summed E-state index contributed by atoms with van der Waals surface area (Å²) >= 11 is 3.26. The van der Waals surface area contributed by atoms with Gasteiger partial charge in [0.1, 0.15) is 22.7 Å². The van der Waals surface area contributed by atoms with Crippen LogP contribution in [0.15, 0.2) is 46.0 Å². The minimum absolute atomic E-state index is 0.0215. The van der Waals surface area contributed by atoms with Gasteiger partial charge < -0.3 is 4.74 Å². The third kappa shape index (κ3) is 6.43. The van der Waals surface area contributed by atoms with Crippen molar-refractivity contribution in [2.45, 2.75) is 45.3 Å². The Balaban J connectivity index is 1.96. The third-order valence-corrected chi connectivity index (χ3v) is 7.54. The Morgan fingerprint density at radius 1 is 1.26 bits per heavy atom. The highest BCUT2D eigenvalue weighted by molar-refractivity contribution is 9.10. The van der Waals surface area contributed by atoms with Gasteiger partial charge in [0.25, 0.3) is 0 Å². The van der Waals surface area contributed by atoms with Crippen molar-refractivity contribution in [1.29, 1.82) is 0 Å². The number of aromatic nitrogens is 1. The number of sulfonamides is 1. The topological polar surface area (TPSA) is 118 Å². The molecule has 1 aliphatic rings. The molecule has 9 nitrogen and oxygen atoms in total. The number of carbonyl (C=O) groups excluding carboxylic acids is 2. The van der Waals surface area contributed by atoms with Gasteiger partial charge in [0.15, 0.2) is 5.78 Å². The van der Waals surface area contributed by atoms with Gasteiger partial charge in [0, 0.05) is 29.7 Å². The maximum atomic E-state index is 15.0. The number of benzene rings is 1. The molecule has 1 aromatic carbocycles. The maximum Gasteiger partial charge on any atom is 0.414 e. The Bertz CT molecular complexity index is 1290. The lowest BCUT2D eigenvalue weighted by Crippen LogP contribution is -2.54. The zero-order valence-corrected chi connectivity index (χ0v) is 22.3. The van der Waals surface area contributed by atoms with Crippen LogP contribution in [0, 0.1) is 5.82 Å². The van der Waals surface area contributed by atoms with Gasteiger partial charge in [-0.2, -0.15) is 0 Å².